The summed E-state index contributed by atoms with van der Waals surface area (Å²) in [6, 6.07) is 3.72. The van der Waals surface area contributed by atoms with Crippen molar-refractivity contribution < 1.29 is 9.53 Å². The highest BCUT2D eigenvalue weighted by Crippen LogP contribution is 1.97. The highest BCUT2D eigenvalue weighted by Gasteiger charge is 1.81. The zero-order valence-electron chi connectivity index (χ0n) is 7.86. The average molecular weight is 182 g/mol. The van der Waals surface area contributed by atoms with Crippen LogP contribution in [0.1, 0.15) is 12.6 Å². The molecule has 13 heavy (non-hydrogen) atoms. The number of carbonyl (C=O) groups excluding carboxylic acids is 1. The van der Waals surface area contributed by atoms with Crippen LogP contribution in [0.15, 0.2) is 18.3 Å². The Bertz CT molecular complexity index is 213. The smallest absolute Gasteiger partial charge is 0.293 e. The molecule has 0 unspecified atom stereocenters. The monoisotopic (exact) mass is 182 g/mol. The van der Waals surface area contributed by atoms with Crippen LogP contribution in [-0.4, -0.2) is 18.1 Å². The predicted molar refractivity (Wildman–Crippen MR) is 51.1 cm³/mol. The molecule has 0 bridgehead atoms. The lowest BCUT2D eigenvalue weighted by Gasteiger charge is -1.89. The van der Waals surface area contributed by atoms with Crippen molar-refractivity contribution in [1.82, 2.24) is 4.98 Å². The fraction of sp³-hybridized carbons (Fsp3) is 0.333. The number of rotatable bonds is 2. The maximum Gasteiger partial charge on any atom is 0.293 e. The fourth-order valence-corrected chi connectivity index (χ4v) is 0.547. The van der Waals surface area contributed by atoms with Gasteiger partial charge >= 0.3 is 0 Å². The minimum Gasteiger partial charge on any atom is -0.468 e. The van der Waals surface area contributed by atoms with E-state index in [2.05, 4.69) is 9.72 Å². The lowest BCUT2D eigenvalue weighted by Crippen LogP contribution is -1.85. The number of aryl methyl sites for hydroxylation is 1. The third kappa shape index (κ3) is 6.80. The number of carbonyl (C=O) groups is 1. The third-order valence-corrected chi connectivity index (χ3v) is 1.17. The van der Waals surface area contributed by atoms with Gasteiger partial charge in [0.25, 0.3) is 6.47 Å². The van der Waals surface area contributed by atoms with Crippen LogP contribution in [0.3, 0.4) is 0 Å². The molecule has 0 spiro atoms. The van der Waals surface area contributed by atoms with Crippen LogP contribution in [0.2, 0.25) is 0 Å². The Morgan fingerprint density at radius 1 is 1.62 bits per heavy atom. The quantitative estimate of drug-likeness (QED) is 0.697. The Morgan fingerprint density at radius 3 is 2.54 bits per heavy atom. The van der Waals surface area contributed by atoms with E-state index in [1.807, 2.05) is 19.1 Å². The van der Waals surface area contributed by atoms with Gasteiger partial charge in [-0.15, -0.1) is 0 Å². The van der Waals surface area contributed by atoms with Gasteiger partial charge in [-0.3, -0.25) is 9.78 Å². The van der Waals surface area contributed by atoms with Gasteiger partial charge in [0.1, 0.15) is 0 Å². The number of hydrogen-bond acceptors (Lipinski definition) is 4. The molecule has 0 amide bonds. The molecule has 0 aliphatic rings. The van der Waals surface area contributed by atoms with Crippen LogP contribution in [0.5, 0.6) is 0 Å². The molecule has 1 heterocycles. The number of anilines is 1. The summed E-state index contributed by atoms with van der Waals surface area (Å²) < 4.78 is 4.15. The molecular formula is C9H14N2O2. The molecule has 1 rings (SSSR count). The zero-order chi connectivity index (χ0) is 10.1. The summed E-state index contributed by atoms with van der Waals surface area (Å²) in [5.74, 6) is 0. The highest BCUT2D eigenvalue weighted by molar-refractivity contribution is 5.36. The predicted octanol–water partition coefficient (Wildman–Crippen LogP) is 1.15. The second-order valence-electron chi connectivity index (χ2n) is 2.28. The van der Waals surface area contributed by atoms with E-state index in [0.717, 1.165) is 11.4 Å². The molecule has 0 atom stereocenters. The number of ether oxygens (including phenoxy) is 1. The molecule has 72 valence electrons. The van der Waals surface area contributed by atoms with Gasteiger partial charge in [0, 0.05) is 5.69 Å². The van der Waals surface area contributed by atoms with Gasteiger partial charge < -0.3 is 10.5 Å². The van der Waals surface area contributed by atoms with E-state index in [0.29, 0.717) is 13.1 Å². The SMILES string of the molecule is CCOC=O.Cc1ccc(N)cn1. The van der Waals surface area contributed by atoms with Crippen molar-refractivity contribution in [3.8, 4) is 0 Å². The van der Waals surface area contributed by atoms with Gasteiger partial charge in [-0.1, -0.05) is 0 Å². The third-order valence-electron chi connectivity index (χ3n) is 1.17. The molecule has 4 nitrogen and oxygen atoms in total. The maximum absolute atomic E-state index is 9.18. The Morgan fingerprint density at radius 2 is 2.31 bits per heavy atom. The molecule has 1 aromatic rings. The molecule has 0 saturated carbocycles. The van der Waals surface area contributed by atoms with Crippen molar-refractivity contribution in [2.75, 3.05) is 12.3 Å². The van der Waals surface area contributed by atoms with E-state index in [9.17, 15) is 4.79 Å². The molecule has 0 aliphatic heterocycles. The summed E-state index contributed by atoms with van der Waals surface area (Å²) in [5.41, 5.74) is 7.08. The van der Waals surface area contributed by atoms with E-state index < -0.39 is 0 Å². The molecule has 2 N–H and O–H groups in total. The molecule has 0 fully saturated rings. The summed E-state index contributed by atoms with van der Waals surface area (Å²) in [6.45, 7) is 4.59. The Kier molecular flexibility index (Phi) is 6.23. The largest absolute Gasteiger partial charge is 0.468 e. The van der Waals surface area contributed by atoms with Gasteiger partial charge in [-0.05, 0) is 26.0 Å². The first kappa shape index (κ1) is 11.4. The normalized spacial score (nSPS) is 8.15. The molecule has 0 aliphatic carbocycles. The minimum absolute atomic E-state index is 0.431. The average Bonchev–Trinajstić information content (AvgIpc) is 2.13. The van der Waals surface area contributed by atoms with Crippen molar-refractivity contribution >= 4 is 12.2 Å². The second-order valence-corrected chi connectivity index (χ2v) is 2.28. The Labute approximate surface area is 77.7 Å². The fourth-order valence-electron chi connectivity index (χ4n) is 0.547. The maximum atomic E-state index is 9.18. The first-order chi connectivity index (χ1) is 6.20. The topological polar surface area (TPSA) is 65.2 Å². The van der Waals surface area contributed by atoms with Gasteiger partial charge in [-0.2, -0.15) is 0 Å². The lowest BCUT2D eigenvalue weighted by molar-refractivity contribution is -0.128. The highest BCUT2D eigenvalue weighted by atomic mass is 16.5. The molecule has 1 aromatic heterocycles. The molecule has 0 saturated heterocycles. The summed E-state index contributed by atoms with van der Waals surface area (Å²) in [5, 5.41) is 0. The van der Waals surface area contributed by atoms with E-state index in [1.165, 1.54) is 0 Å². The molecular weight excluding hydrogens is 168 g/mol. The standard InChI is InChI=1S/C6H8N2.C3H6O2/c1-5-2-3-6(7)4-8-5;1-2-5-3-4/h2-4H,7H2,1H3;3H,2H2,1H3. The minimum atomic E-state index is 0.431. The summed E-state index contributed by atoms with van der Waals surface area (Å²) in [4.78, 5) is 13.1. The number of hydrogen-bond donors (Lipinski definition) is 1. The Hall–Kier alpha value is -1.58. The first-order valence-electron chi connectivity index (χ1n) is 3.94. The summed E-state index contributed by atoms with van der Waals surface area (Å²) in [7, 11) is 0. The van der Waals surface area contributed by atoms with Crippen molar-refractivity contribution in [3.63, 3.8) is 0 Å². The molecule has 0 aromatic carbocycles. The van der Waals surface area contributed by atoms with Gasteiger partial charge in [-0.25, -0.2) is 0 Å². The van der Waals surface area contributed by atoms with Crippen molar-refractivity contribution in [1.29, 1.82) is 0 Å². The van der Waals surface area contributed by atoms with Crippen LogP contribution >= 0.6 is 0 Å². The number of nitrogens with two attached hydrogens (primary N) is 1. The number of aromatic nitrogens is 1. The summed E-state index contributed by atoms with van der Waals surface area (Å²) >= 11 is 0. The number of nitrogens with zero attached hydrogens (tertiary/aromatic N) is 1. The van der Waals surface area contributed by atoms with E-state index >= 15 is 0 Å². The Balaban J connectivity index is 0.000000252. The van der Waals surface area contributed by atoms with Crippen molar-refractivity contribution in [3.05, 3.63) is 24.0 Å². The van der Waals surface area contributed by atoms with E-state index in [-0.39, 0.29) is 0 Å². The van der Waals surface area contributed by atoms with Gasteiger partial charge in [0.05, 0.1) is 18.5 Å². The van der Waals surface area contributed by atoms with Crippen LogP contribution in [-0.2, 0) is 9.53 Å². The van der Waals surface area contributed by atoms with Crippen molar-refractivity contribution in [2.24, 2.45) is 0 Å². The lowest BCUT2D eigenvalue weighted by atomic mass is 10.4. The second kappa shape index (κ2) is 7.09. The van der Waals surface area contributed by atoms with Crippen LogP contribution in [0, 0.1) is 6.92 Å². The van der Waals surface area contributed by atoms with E-state index in [1.54, 1.807) is 13.1 Å². The molecule has 0 radical (unpaired) electrons. The summed E-state index contributed by atoms with van der Waals surface area (Å²) in [6.07, 6.45) is 1.65. The number of nitrogen functional groups attached to an aromatic ring is 1. The number of pyridine rings is 1. The van der Waals surface area contributed by atoms with Crippen LogP contribution < -0.4 is 5.73 Å². The van der Waals surface area contributed by atoms with Crippen LogP contribution in [0.4, 0.5) is 5.69 Å². The first-order valence-corrected chi connectivity index (χ1v) is 3.94. The van der Waals surface area contributed by atoms with Crippen LogP contribution in [0.25, 0.3) is 0 Å². The zero-order valence-corrected chi connectivity index (χ0v) is 7.86. The van der Waals surface area contributed by atoms with Crippen molar-refractivity contribution in [2.45, 2.75) is 13.8 Å². The molecule has 4 heteroatoms. The van der Waals surface area contributed by atoms with E-state index in [4.69, 9.17) is 5.73 Å². The van der Waals surface area contributed by atoms with Gasteiger partial charge in [0.2, 0.25) is 0 Å². The van der Waals surface area contributed by atoms with Gasteiger partial charge in [0.15, 0.2) is 0 Å².